The number of anilines is 1. The number of carbonyl (C=O) groups excluding carboxylic acids is 2. The molecular weight excluding hydrogens is 561 g/mol. The quantitative estimate of drug-likeness (QED) is 0.458. The molecule has 3 aromatic rings. The van der Waals surface area contributed by atoms with E-state index < -0.39 is 22.0 Å². The van der Waals surface area contributed by atoms with Crippen molar-refractivity contribution < 1.29 is 22.7 Å². The molecule has 2 aliphatic heterocycles. The lowest BCUT2D eigenvalue weighted by molar-refractivity contribution is -0.129. The minimum absolute atomic E-state index is 0.0482. The van der Waals surface area contributed by atoms with Crippen LogP contribution in [0.1, 0.15) is 18.4 Å². The minimum Gasteiger partial charge on any atom is -0.477 e. The van der Waals surface area contributed by atoms with Crippen molar-refractivity contribution in [1.29, 1.82) is 0 Å². The molecule has 11 heteroatoms. The van der Waals surface area contributed by atoms with Gasteiger partial charge in [-0.2, -0.15) is 4.31 Å². The van der Waals surface area contributed by atoms with Crippen LogP contribution in [-0.4, -0.2) is 50.3 Å². The molecule has 5 rings (SSSR count). The van der Waals surface area contributed by atoms with Crippen LogP contribution in [0.25, 0.3) is 0 Å². The van der Waals surface area contributed by atoms with Crippen LogP contribution < -0.4 is 15.0 Å². The van der Waals surface area contributed by atoms with Gasteiger partial charge >= 0.3 is 0 Å². The molecule has 39 heavy (non-hydrogen) atoms. The fraction of sp³-hybridized carbons (Fsp3) is 0.286. The third-order valence-corrected chi connectivity index (χ3v) is 9.57. The summed E-state index contributed by atoms with van der Waals surface area (Å²) in [5, 5.41) is 3.26. The molecule has 0 aliphatic carbocycles. The van der Waals surface area contributed by atoms with Crippen molar-refractivity contribution in [2.45, 2.75) is 30.4 Å². The lowest BCUT2D eigenvalue weighted by Gasteiger charge is -2.38. The minimum atomic E-state index is -3.87. The fourth-order valence-corrected chi connectivity index (χ4v) is 7.06. The number of hydrogen-bond donors (Lipinski definition) is 1. The summed E-state index contributed by atoms with van der Waals surface area (Å²) in [5.41, 5.74) is 1.55. The first kappa shape index (κ1) is 27.5. The van der Waals surface area contributed by atoms with Crippen molar-refractivity contribution in [2.75, 3.05) is 24.5 Å². The van der Waals surface area contributed by atoms with E-state index in [1.54, 1.807) is 23.1 Å². The molecule has 2 heterocycles. The SMILES string of the molecule is O=C(NCc1ccccc1)C1CN(C(=O)C2CCN(S(=O)(=O)c3cc(Cl)ccc3Cl)CC2)c2ccccc2O1. The molecule has 0 aromatic heterocycles. The van der Waals surface area contributed by atoms with Gasteiger partial charge in [-0.15, -0.1) is 0 Å². The molecular formula is C28H27Cl2N3O5S. The van der Waals surface area contributed by atoms with Crippen molar-refractivity contribution in [3.8, 4) is 5.75 Å². The highest BCUT2D eigenvalue weighted by atomic mass is 35.5. The lowest BCUT2D eigenvalue weighted by Crippen LogP contribution is -2.53. The topological polar surface area (TPSA) is 96.0 Å². The molecule has 1 saturated heterocycles. The number of piperidine rings is 1. The molecule has 3 aromatic carbocycles. The van der Waals surface area contributed by atoms with Gasteiger partial charge in [0.05, 0.1) is 17.3 Å². The fourth-order valence-electron chi connectivity index (χ4n) is 4.86. The van der Waals surface area contributed by atoms with Gasteiger partial charge in [0, 0.05) is 30.6 Å². The standard InChI is InChI=1S/C28H27Cl2N3O5S/c29-21-10-11-22(30)26(16-21)39(36,37)32-14-12-20(13-15-32)28(35)33-18-25(38-24-9-5-4-8-23(24)33)27(34)31-17-19-6-2-1-3-7-19/h1-11,16,20,25H,12-15,17-18H2,(H,31,34). The number of ether oxygens (including phenoxy) is 1. The van der Waals surface area contributed by atoms with Crippen molar-refractivity contribution in [3.05, 3.63) is 88.4 Å². The van der Waals surface area contributed by atoms with E-state index in [1.165, 1.54) is 22.5 Å². The maximum Gasteiger partial charge on any atom is 0.263 e. The molecule has 1 unspecified atom stereocenters. The second-order valence-corrected chi connectivity index (χ2v) is 12.2. The summed E-state index contributed by atoms with van der Waals surface area (Å²) in [6.45, 7) is 0.731. The third-order valence-electron chi connectivity index (χ3n) is 6.96. The Morgan fingerprint density at radius 1 is 0.949 bits per heavy atom. The van der Waals surface area contributed by atoms with E-state index >= 15 is 0 Å². The van der Waals surface area contributed by atoms with Gasteiger partial charge in [-0.1, -0.05) is 65.7 Å². The monoisotopic (exact) mass is 587 g/mol. The summed E-state index contributed by atoms with van der Waals surface area (Å²) in [4.78, 5) is 28.3. The van der Waals surface area contributed by atoms with E-state index in [0.717, 1.165) is 5.56 Å². The number of amides is 2. The van der Waals surface area contributed by atoms with Crippen LogP contribution in [-0.2, 0) is 26.2 Å². The number of benzene rings is 3. The number of hydrogen-bond acceptors (Lipinski definition) is 5. The molecule has 1 atom stereocenters. The normalized spacial score (nSPS) is 18.2. The summed E-state index contributed by atoms with van der Waals surface area (Å²) in [5.74, 6) is -0.437. The number of halogens is 2. The highest BCUT2D eigenvalue weighted by Crippen LogP contribution is 2.36. The largest absolute Gasteiger partial charge is 0.477 e. The number of fused-ring (bicyclic) bond motifs is 1. The predicted molar refractivity (Wildman–Crippen MR) is 149 cm³/mol. The summed E-state index contributed by atoms with van der Waals surface area (Å²) in [6.07, 6.45) is -0.209. The van der Waals surface area contributed by atoms with Crippen LogP contribution >= 0.6 is 23.2 Å². The smallest absolute Gasteiger partial charge is 0.263 e. The molecule has 0 saturated carbocycles. The first-order valence-corrected chi connectivity index (χ1v) is 14.8. The second-order valence-electron chi connectivity index (χ2n) is 9.48. The van der Waals surface area contributed by atoms with Crippen LogP contribution in [0.15, 0.2) is 77.7 Å². The zero-order chi connectivity index (χ0) is 27.6. The Kier molecular flexibility index (Phi) is 8.13. The molecule has 0 bridgehead atoms. The van der Waals surface area contributed by atoms with Gasteiger partial charge in [0.25, 0.3) is 5.91 Å². The van der Waals surface area contributed by atoms with Gasteiger partial charge in [-0.05, 0) is 48.7 Å². The Labute approximate surface area is 237 Å². The summed E-state index contributed by atoms with van der Waals surface area (Å²) in [6, 6.07) is 21.0. The zero-order valence-electron chi connectivity index (χ0n) is 20.9. The van der Waals surface area contributed by atoms with Crippen LogP contribution in [0.2, 0.25) is 10.0 Å². The molecule has 0 radical (unpaired) electrons. The van der Waals surface area contributed by atoms with E-state index in [-0.39, 0.29) is 46.4 Å². The molecule has 0 spiro atoms. The summed E-state index contributed by atoms with van der Waals surface area (Å²) < 4.78 is 33.7. The van der Waals surface area contributed by atoms with Gasteiger partial charge < -0.3 is 15.0 Å². The van der Waals surface area contributed by atoms with Crippen LogP contribution in [0.3, 0.4) is 0 Å². The molecule has 204 valence electrons. The number of sulfonamides is 1. The van der Waals surface area contributed by atoms with Gasteiger partial charge in [0.2, 0.25) is 15.9 Å². The van der Waals surface area contributed by atoms with Crippen molar-refractivity contribution in [3.63, 3.8) is 0 Å². The Hall–Kier alpha value is -3.11. The second kappa shape index (κ2) is 11.6. The van der Waals surface area contributed by atoms with E-state index in [1.807, 2.05) is 36.4 Å². The zero-order valence-corrected chi connectivity index (χ0v) is 23.3. The first-order valence-electron chi connectivity index (χ1n) is 12.6. The van der Waals surface area contributed by atoms with E-state index in [0.29, 0.717) is 30.8 Å². The molecule has 2 amide bonds. The summed E-state index contributed by atoms with van der Waals surface area (Å²) >= 11 is 12.2. The van der Waals surface area contributed by atoms with Gasteiger partial charge in [0.1, 0.15) is 10.6 Å². The maximum atomic E-state index is 13.7. The maximum absolute atomic E-state index is 13.7. The van der Waals surface area contributed by atoms with Crippen LogP contribution in [0, 0.1) is 5.92 Å². The average Bonchev–Trinajstić information content (AvgIpc) is 2.96. The Morgan fingerprint density at radius 3 is 2.38 bits per heavy atom. The van der Waals surface area contributed by atoms with E-state index in [4.69, 9.17) is 27.9 Å². The van der Waals surface area contributed by atoms with Crippen molar-refractivity contribution in [2.24, 2.45) is 5.92 Å². The number of rotatable bonds is 6. The lowest BCUT2D eigenvalue weighted by atomic mass is 9.95. The van der Waals surface area contributed by atoms with Crippen molar-refractivity contribution >= 4 is 50.7 Å². The van der Waals surface area contributed by atoms with E-state index in [2.05, 4.69) is 5.32 Å². The molecule has 1 N–H and O–H groups in total. The highest BCUT2D eigenvalue weighted by molar-refractivity contribution is 7.89. The van der Waals surface area contributed by atoms with Gasteiger partial charge in [0.15, 0.2) is 6.10 Å². The van der Waals surface area contributed by atoms with Gasteiger partial charge in [-0.3, -0.25) is 9.59 Å². The predicted octanol–water partition coefficient (Wildman–Crippen LogP) is 4.50. The number of nitrogens with one attached hydrogen (secondary N) is 1. The van der Waals surface area contributed by atoms with Gasteiger partial charge in [-0.25, -0.2) is 8.42 Å². The third kappa shape index (κ3) is 5.91. The summed E-state index contributed by atoms with van der Waals surface area (Å²) in [7, 11) is -3.87. The number of nitrogens with zero attached hydrogens (tertiary/aromatic N) is 2. The molecule has 8 nitrogen and oxygen atoms in total. The molecule has 1 fully saturated rings. The average molecular weight is 589 g/mol. The van der Waals surface area contributed by atoms with Crippen molar-refractivity contribution in [1.82, 2.24) is 9.62 Å². The highest BCUT2D eigenvalue weighted by Gasteiger charge is 2.39. The Morgan fingerprint density at radius 2 is 1.64 bits per heavy atom. The Balaban J connectivity index is 1.27. The van der Waals surface area contributed by atoms with E-state index in [9.17, 15) is 18.0 Å². The Bertz CT molecular complexity index is 1480. The van der Waals surface area contributed by atoms with Crippen LogP contribution in [0.5, 0.6) is 5.75 Å². The number of carbonyl (C=O) groups is 2. The molecule has 2 aliphatic rings. The van der Waals surface area contributed by atoms with Crippen LogP contribution in [0.4, 0.5) is 5.69 Å². The first-order chi connectivity index (χ1) is 18.7. The number of para-hydroxylation sites is 2.